The number of carbonyl (C=O) groups is 1. The van der Waals surface area contributed by atoms with E-state index in [4.69, 9.17) is 26.1 Å². The fraction of sp³-hybridized carbons (Fsp3) is 0.348. The van der Waals surface area contributed by atoms with Gasteiger partial charge in [0.25, 0.3) is 5.91 Å². The molecule has 2 aliphatic heterocycles. The lowest BCUT2D eigenvalue weighted by Gasteiger charge is -2.17. The van der Waals surface area contributed by atoms with E-state index >= 15 is 0 Å². The first-order chi connectivity index (χ1) is 16.1. The molecule has 3 aromatic rings. The van der Waals surface area contributed by atoms with Crippen molar-refractivity contribution >= 4 is 34.8 Å². The van der Waals surface area contributed by atoms with Crippen molar-refractivity contribution in [3.05, 3.63) is 46.7 Å². The second-order valence-corrected chi connectivity index (χ2v) is 8.37. The highest BCUT2D eigenvalue weighted by atomic mass is 35.5. The molecule has 10 heteroatoms. The van der Waals surface area contributed by atoms with Gasteiger partial charge in [0.1, 0.15) is 0 Å². The minimum atomic E-state index is -0.145. The molecule has 0 unspecified atom stereocenters. The molecule has 1 fully saturated rings. The first kappa shape index (κ1) is 21.5. The number of halogens is 1. The number of nitrogens with one attached hydrogen (secondary N) is 4. The van der Waals surface area contributed by atoms with Crippen molar-refractivity contribution in [3.8, 4) is 17.1 Å². The monoisotopic (exact) mass is 468 g/mol. The van der Waals surface area contributed by atoms with Crippen molar-refractivity contribution in [2.45, 2.75) is 25.4 Å². The van der Waals surface area contributed by atoms with Gasteiger partial charge >= 0.3 is 0 Å². The third-order valence-corrected chi connectivity index (χ3v) is 6.12. The Kier molecular flexibility index (Phi) is 6.06. The maximum absolute atomic E-state index is 12.8. The van der Waals surface area contributed by atoms with Gasteiger partial charge in [0, 0.05) is 38.0 Å². The number of para-hydroxylation sites is 1. The molecule has 0 bridgehead atoms. The number of anilines is 3. The van der Waals surface area contributed by atoms with Crippen LogP contribution in [0.4, 0.5) is 17.3 Å². The van der Waals surface area contributed by atoms with Gasteiger partial charge in [-0.25, -0.2) is 9.97 Å². The number of ether oxygens (including phenoxy) is 2. The van der Waals surface area contributed by atoms with Crippen LogP contribution < -0.4 is 20.7 Å². The van der Waals surface area contributed by atoms with Crippen molar-refractivity contribution in [2.75, 3.05) is 37.4 Å². The molecular formula is C23H25ClN6O3. The summed E-state index contributed by atoms with van der Waals surface area (Å²) < 4.78 is 11.2. The zero-order valence-corrected chi connectivity index (χ0v) is 19.0. The number of rotatable bonds is 7. The van der Waals surface area contributed by atoms with Gasteiger partial charge in [-0.15, -0.1) is 0 Å². The Balaban J connectivity index is 1.52. The quantitative estimate of drug-likeness (QED) is 0.417. The number of aromatic amines is 1. The highest BCUT2D eigenvalue weighted by Crippen LogP contribution is 2.40. The molecule has 0 spiro atoms. The van der Waals surface area contributed by atoms with E-state index in [0.717, 1.165) is 25.1 Å². The molecule has 1 aromatic carbocycles. The van der Waals surface area contributed by atoms with E-state index in [1.54, 1.807) is 19.4 Å². The van der Waals surface area contributed by atoms with Crippen molar-refractivity contribution in [1.29, 1.82) is 0 Å². The molecule has 2 aromatic heterocycles. The molecule has 0 saturated carbocycles. The van der Waals surface area contributed by atoms with Gasteiger partial charge in [0.15, 0.2) is 5.75 Å². The fourth-order valence-corrected chi connectivity index (χ4v) is 4.49. The maximum Gasteiger partial charge on any atom is 0.255 e. The molecule has 0 radical (unpaired) electrons. The van der Waals surface area contributed by atoms with Crippen LogP contribution in [0.5, 0.6) is 5.75 Å². The van der Waals surface area contributed by atoms with E-state index < -0.39 is 0 Å². The normalized spacial score (nSPS) is 17.4. The summed E-state index contributed by atoms with van der Waals surface area (Å²) in [5.41, 5.74) is 4.03. The standard InChI is InChI=1S/C23H25ClN6O3/c1-32-21-14(24)5-2-6-17(21)29-20-18-15(7-9-25-22(18)31)28-19(20)16-8-10-26-23(30-16)27-12-13-4-3-11-33-13/h2,5-6,8,10,13,28-29H,3-4,7,9,11-12H2,1H3,(H,25,31)(H,26,27,30)/t13-/m1/s1. The number of carbonyl (C=O) groups excluding carboxylic acids is 1. The topological polar surface area (TPSA) is 113 Å². The van der Waals surface area contributed by atoms with Gasteiger partial charge in [0.05, 0.1) is 46.6 Å². The zero-order chi connectivity index (χ0) is 22.8. The van der Waals surface area contributed by atoms with Crippen LogP contribution in [0.1, 0.15) is 28.9 Å². The molecule has 2 aliphatic rings. The van der Waals surface area contributed by atoms with E-state index in [1.165, 1.54) is 0 Å². The number of amides is 1. The Hall–Kier alpha value is -3.30. The Morgan fingerprint density at radius 1 is 1.33 bits per heavy atom. The number of aromatic nitrogens is 3. The zero-order valence-electron chi connectivity index (χ0n) is 18.2. The number of nitrogens with zero attached hydrogens (tertiary/aromatic N) is 2. The number of H-pyrrole nitrogens is 1. The van der Waals surface area contributed by atoms with E-state index in [2.05, 4.69) is 25.9 Å². The van der Waals surface area contributed by atoms with E-state index in [9.17, 15) is 4.79 Å². The van der Waals surface area contributed by atoms with Gasteiger partial charge in [-0.3, -0.25) is 4.79 Å². The number of benzene rings is 1. The minimum absolute atomic E-state index is 0.145. The van der Waals surface area contributed by atoms with E-state index in [0.29, 0.717) is 64.6 Å². The summed E-state index contributed by atoms with van der Waals surface area (Å²) in [5, 5.41) is 10.0. The summed E-state index contributed by atoms with van der Waals surface area (Å²) in [5.74, 6) is 0.859. The smallest absolute Gasteiger partial charge is 0.255 e. The molecule has 4 N–H and O–H groups in total. The van der Waals surface area contributed by atoms with Crippen LogP contribution in [0, 0.1) is 0 Å². The SMILES string of the molecule is COc1c(Cl)cccc1Nc1c(-c2ccnc(NC[C@H]3CCCO3)n2)[nH]c2c1C(=O)NCC2. The lowest BCUT2D eigenvalue weighted by atomic mass is 10.1. The van der Waals surface area contributed by atoms with E-state index in [1.807, 2.05) is 18.2 Å². The summed E-state index contributed by atoms with van der Waals surface area (Å²) in [6, 6.07) is 7.24. The average molecular weight is 469 g/mol. The fourth-order valence-electron chi connectivity index (χ4n) is 4.24. The Labute approximate surface area is 196 Å². The first-order valence-electron chi connectivity index (χ1n) is 11.0. The first-order valence-corrected chi connectivity index (χ1v) is 11.3. The van der Waals surface area contributed by atoms with E-state index in [-0.39, 0.29) is 12.0 Å². The summed E-state index contributed by atoms with van der Waals surface area (Å²) in [4.78, 5) is 25.2. The van der Waals surface area contributed by atoms with Crippen LogP contribution in [-0.2, 0) is 11.2 Å². The summed E-state index contributed by atoms with van der Waals surface area (Å²) in [6.45, 7) is 2.02. The van der Waals surface area contributed by atoms with Gasteiger partial charge in [-0.1, -0.05) is 17.7 Å². The number of methoxy groups -OCH3 is 1. The van der Waals surface area contributed by atoms with Crippen LogP contribution in [-0.4, -0.2) is 53.8 Å². The van der Waals surface area contributed by atoms with Gasteiger partial charge in [-0.05, 0) is 31.0 Å². The Morgan fingerprint density at radius 3 is 3.06 bits per heavy atom. The Bertz CT molecular complexity index is 1170. The Morgan fingerprint density at radius 2 is 2.24 bits per heavy atom. The van der Waals surface area contributed by atoms with Crippen LogP contribution in [0.3, 0.4) is 0 Å². The summed E-state index contributed by atoms with van der Waals surface area (Å²) >= 11 is 6.32. The molecule has 172 valence electrons. The summed E-state index contributed by atoms with van der Waals surface area (Å²) in [7, 11) is 1.56. The third-order valence-electron chi connectivity index (χ3n) is 5.82. The predicted molar refractivity (Wildman–Crippen MR) is 127 cm³/mol. The largest absolute Gasteiger partial charge is 0.493 e. The molecule has 33 heavy (non-hydrogen) atoms. The average Bonchev–Trinajstić information content (AvgIpc) is 3.47. The van der Waals surface area contributed by atoms with Crippen molar-refractivity contribution in [1.82, 2.24) is 20.3 Å². The highest BCUT2D eigenvalue weighted by Gasteiger charge is 2.28. The lowest BCUT2D eigenvalue weighted by molar-refractivity contribution is 0.0947. The van der Waals surface area contributed by atoms with Crippen molar-refractivity contribution < 1.29 is 14.3 Å². The van der Waals surface area contributed by atoms with Crippen LogP contribution >= 0.6 is 11.6 Å². The number of hydrogen-bond donors (Lipinski definition) is 4. The lowest BCUT2D eigenvalue weighted by Crippen LogP contribution is -2.31. The highest BCUT2D eigenvalue weighted by molar-refractivity contribution is 6.32. The molecule has 5 rings (SSSR count). The number of fused-ring (bicyclic) bond motifs is 1. The van der Waals surface area contributed by atoms with Crippen LogP contribution in [0.15, 0.2) is 30.5 Å². The molecule has 0 aliphatic carbocycles. The van der Waals surface area contributed by atoms with Gasteiger partial charge in [0.2, 0.25) is 5.95 Å². The molecule has 1 atom stereocenters. The van der Waals surface area contributed by atoms with Gasteiger partial charge < -0.3 is 30.4 Å². The third kappa shape index (κ3) is 4.34. The maximum atomic E-state index is 12.8. The van der Waals surface area contributed by atoms with Gasteiger partial charge in [-0.2, -0.15) is 0 Å². The van der Waals surface area contributed by atoms with Crippen molar-refractivity contribution in [2.24, 2.45) is 0 Å². The molecular weight excluding hydrogens is 444 g/mol. The molecule has 1 saturated heterocycles. The molecule has 9 nitrogen and oxygen atoms in total. The predicted octanol–water partition coefficient (Wildman–Crippen LogP) is 3.75. The second-order valence-electron chi connectivity index (χ2n) is 7.96. The number of hydrogen-bond acceptors (Lipinski definition) is 7. The second kappa shape index (κ2) is 9.29. The summed E-state index contributed by atoms with van der Waals surface area (Å²) in [6.07, 6.45) is 4.67. The molecule has 4 heterocycles. The molecule has 1 amide bonds. The van der Waals surface area contributed by atoms with Crippen LogP contribution in [0.2, 0.25) is 5.02 Å². The van der Waals surface area contributed by atoms with Crippen molar-refractivity contribution in [3.63, 3.8) is 0 Å². The van der Waals surface area contributed by atoms with Crippen LogP contribution in [0.25, 0.3) is 11.4 Å². The minimum Gasteiger partial charge on any atom is -0.493 e.